The summed E-state index contributed by atoms with van der Waals surface area (Å²) in [6.45, 7) is 12.6. The molecular formula is C25H30NO3P. The van der Waals surface area contributed by atoms with Crippen molar-refractivity contribution in [2.24, 2.45) is 0 Å². The lowest BCUT2D eigenvalue weighted by Crippen LogP contribution is -2.17. The van der Waals surface area contributed by atoms with Crippen molar-refractivity contribution in [1.29, 1.82) is 0 Å². The molecule has 0 aliphatic heterocycles. The first-order valence-corrected chi connectivity index (χ1v) is 11.7. The van der Waals surface area contributed by atoms with Crippen LogP contribution in [0, 0.1) is 0 Å². The summed E-state index contributed by atoms with van der Waals surface area (Å²) in [4.78, 5) is 0. The van der Waals surface area contributed by atoms with Gasteiger partial charge in [-0.15, -0.1) is 0 Å². The number of rotatable bonds is 4. The van der Waals surface area contributed by atoms with E-state index in [1.807, 2.05) is 0 Å². The van der Waals surface area contributed by atoms with Gasteiger partial charge >= 0.3 is 8.16 Å². The number of benzene rings is 3. The molecule has 0 bridgehead atoms. The van der Waals surface area contributed by atoms with Crippen molar-refractivity contribution in [1.82, 2.24) is 0 Å². The van der Waals surface area contributed by atoms with Gasteiger partial charge in [-0.25, -0.2) is 4.67 Å². The highest BCUT2D eigenvalue weighted by Gasteiger charge is 2.23. The lowest BCUT2D eigenvalue weighted by Gasteiger charge is -2.21. The van der Waals surface area contributed by atoms with Gasteiger partial charge in [0.1, 0.15) is 16.9 Å². The summed E-state index contributed by atoms with van der Waals surface area (Å²) in [5.41, 5.74) is 2.77. The Balaban J connectivity index is 2.32. The molecule has 0 amide bonds. The molecule has 1 unspecified atom stereocenters. The van der Waals surface area contributed by atoms with E-state index in [9.17, 15) is 0 Å². The molecule has 0 aliphatic carbocycles. The molecule has 158 valence electrons. The van der Waals surface area contributed by atoms with E-state index in [2.05, 4.69) is 87.8 Å². The van der Waals surface area contributed by atoms with Gasteiger partial charge in [-0.1, -0.05) is 65.0 Å². The minimum absolute atomic E-state index is 0.113. The van der Waals surface area contributed by atoms with Crippen LogP contribution in [0.1, 0.15) is 40.2 Å². The van der Waals surface area contributed by atoms with Crippen LogP contribution in [0.4, 0.5) is 0 Å². The molecular weight excluding hydrogens is 393 g/mol. The summed E-state index contributed by atoms with van der Waals surface area (Å²) in [7, 11) is 0.442. The molecule has 1 atom stereocenters. The van der Waals surface area contributed by atoms with E-state index in [1.165, 1.54) is 5.39 Å². The van der Waals surface area contributed by atoms with Crippen molar-refractivity contribution < 1.29 is 13.1 Å². The number of hydrogen-bond acceptors (Lipinski definition) is 4. The van der Waals surface area contributed by atoms with Crippen LogP contribution in [-0.4, -0.2) is 20.2 Å². The third-order valence-corrected chi connectivity index (χ3v) is 7.29. The second kappa shape index (κ2) is 8.02. The maximum absolute atomic E-state index is 6.70. The maximum Gasteiger partial charge on any atom is 0.309 e. The molecule has 3 aromatic carbocycles. The molecule has 1 aromatic heterocycles. The molecule has 5 heteroatoms. The molecule has 0 radical (unpaired) electrons. The van der Waals surface area contributed by atoms with Gasteiger partial charge in [0.2, 0.25) is 0 Å². The van der Waals surface area contributed by atoms with Crippen molar-refractivity contribution in [3.05, 3.63) is 54.1 Å². The van der Waals surface area contributed by atoms with E-state index < -0.39 is 8.16 Å². The number of fused-ring (bicyclic) bond motifs is 5. The molecule has 1 heterocycles. The number of methoxy groups -OCH3 is 1. The normalized spacial score (nSPS) is 12.8. The van der Waals surface area contributed by atoms with Crippen LogP contribution in [-0.2, 0) is 5.41 Å². The van der Waals surface area contributed by atoms with Gasteiger partial charge in [-0.05, 0) is 34.4 Å². The first kappa shape index (κ1) is 20.8. The first-order chi connectivity index (χ1) is 14.4. The van der Waals surface area contributed by atoms with Crippen molar-refractivity contribution in [3.63, 3.8) is 0 Å². The third-order valence-electron chi connectivity index (χ3n) is 5.57. The zero-order chi connectivity index (χ0) is 21.5. The van der Waals surface area contributed by atoms with Crippen LogP contribution in [0.2, 0.25) is 0 Å². The fourth-order valence-corrected chi connectivity index (χ4v) is 5.32. The Morgan fingerprint density at radius 2 is 1.67 bits per heavy atom. The minimum Gasteiger partial charge on any atom is -0.497 e. The van der Waals surface area contributed by atoms with Crippen LogP contribution in [0.5, 0.6) is 5.75 Å². The Hall–Kier alpha value is -2.42. The monoisotopic (exact) mass is 423 g/mol. The van der Waals surface area contributed by atoms with Crippen molar-refractivity contribution >= 4 is 40.9 Å². The fraction of sp³-hybridized carbons (Fsp3) is 0.360. The summed E-state index contributed by atoms with van der Waals surface area (Å²) in [6.07, 6.45) is 0. The van der Waals surface area contributed by atoms with Crippen LogP contribution >= 0.6 is 8.16 Å². The Morgan fingerprint density at radius 1 is 0.933 bits per heavy atom. The lowest BCUT2D eigenvalue weighted by atomic mass is 9.85. The Bertz CT molecular complexity index is 1250. The van der Waals surface area contributed by atoms with Crippen molar-refractivity contribution in [3.8, 4) is 5.75 Å². The van der Waals surface area contributed by atoms with Gasteiger partial charge < -0.3 is 13.1 Å². The van der Waals surface area contributed by atoms with E-state index in [-0.39, 0.29) is 5.41 Å². The second-order valence-electron chi connectivity index (χ2n) is 8.52. The van der Waals surface area contributed by atoms with Gasteiger partial charge in [-0.3, -0.25) is 0 Å². The standard InChI is InChI=1S/C25H30NO3P/c1-7-26(8-2)30-28-22-14-13-17-11-9-10-12-19(17)23(22)20-15-18(27-6)16-21(24(20)29-30)25(3,4)5/h9-16H,7-8H2,1-6H3. The lowest BCUT2D eigenvalue weighted by molar-refractivity contribution is 0.413. The predicted molar refractivity (Wildman–Crippen MR) is 128 cm³/mol. The van der Waals surface area contributed by atoms with Gasteiger partial charge in [0.15, 0.2) is 0 Å². The molecule has 0 aliphatic rings. The van der Waals surface area contributed by atoms with E-state index in [0.717, 1.165) is 51.7 Å². The molecule has 4 nitrogen and oxygen atoms in total. The van der Waals surface area contributed by atoms with E-state index in [4.69, 9.17) is 13.1 Å². The first-order valence-electron chi connectivity index (χ1n) is 10.5. The van der Waals surface area contributed by atoms with Gasteiger partial charge in [0.05, 0.1) is 7.11 Å². The number of nitrogens with zero attached hydrogens (tertiary/aromatic N) is 1. The van der Waals surface area contributed by atoms with Crippen LogP contribution < -0.4 is 9.41 Å². The largest absolute Gasteiger partial charge is 0.497 e. The number of hydrogen-bond donors (Lipinski definition) is 0. The van der Waals surface area contributed by atoms with E-state index in [0.29, 0.717) is 0 Å². The Kier molecular flexibility index (Phi) is 5.57. The Labute approximate surface area is 179 Å². The molecule has 4 rings (SSSR count). The second-order valence-corrected chi connectivity index (χ2v) is 9.93. The van der Waals surface area contributed by atoms with E-state index in [1.54, 1.807) is 7.11 Å². The summed E-state index contributed by atoms with van der Waals surface area (Å²) in [5, 5.41) is 4.44. The smallest absolute Gasteiger partial charge is 0.309 e. The average molecular weight is 423 g/mol. The van der Waals surface area contributed by atoms with Crippen LogP contribution in [0.3, 0.4) is 0 Å². The summed E-state index contributed by atoms with van der Waals surface area (Å²) >= 11 is 0. The highest BCUT2D eigenvalue weighted by molar-refractivity contribution is 7.38. The molecule has 0 saturated carbocycles. The Morgan fingerprint density at radius 3 is 2.33 bits per heavy atom. The van der Waals surface area contributed by atoms with Crippen molar-refractivity contribution in [2.75, 3.05) is 24.9 Å². The SMILES string of the molecule is CCN(CC)p1oc2ccc3ccccc3c2c2cc(OC)cc(C(C)(C)C)c2o1. The van der Waals surface area contributed by atoms with Gasteiger partial charge in [-0.2, -0.15) is 0 Å². The highest BCUT2D eigenvalue weighted by Crippen LogP contribution is 2.43. The maximum atomic E-state index is 6.70. The molecule has 0 saturated heterocycles. The fourth-order valence-electron chi connectivity index (χ4n) is 3.92. The summed E-state index contributed by atoms with van der Waals surface area (Å²) < 4.78 is 21.2. The quantitative estimate of drug-likeness (QED) is 0.337. The summed E-state index contributed by atoms with van der Waals surface area (Å²) in [6, 6.07) is 16.8. The van der Waals surface area contributed by atoms with Gasteiger partial charge in [0.25, 0.3) is 0 Å². The summed E-state index contributed by atoms with van der Waals surface area (Å²) in [5.74, 6) is 0.829. The zero-order valence-corrected chi connectivity index (χ0v) is 19.5. The van der Waals surface area contributed by atoms with E-state index >= 15 is 0 Å². The third kappa shape index (κ3) is 3.59. The topological polar surface area (TPSA) is 38.8 Å². The molecule has 30 heavy (non-hydrogen) atoms. The van der Waals surface area contributed by atoms with Crippen molar-refractivity contribution in [2.45, 2.75) is 40.0 Å². The molecule has 0 spiro atoms. The highest BCUT2D eigenvalue weighted by atomic mass is 31.1. The molecule has 4 aromatic rings. The number of ether oxygens (including phenoxy) is 1. The predicted octanol–water partition coefficient (Wildman–Crippen LogP) is 7.73. The van der Waals surface area contributed by atoms with Gasteiger partial charge in [0, 0.05) is 29.4 Å². The average Bonchev–Trinajstić information content (AvgIpc) is 2.90. The minimum atomic E-state index is -1.28. The zero-order valence-electron chi connectivity index (χ0n) is 18.7. The molecule has 0 fully saturated rings. The molecule has 0 N–H and O–H groups in total. The van der Waals surface area contributed by atoms with Crippen LogP contribution in [0.25, 0.3) is 32.7 Å². The van der Waals surface area contributed by atoms with Crippen LogP contribution in [0.15, 0.2) is 56.9 Å².